The van der Waals surface area contributed by atoms with E-state index in [1.807, 2.05) is 0 Å². The van der Waals surface area contributed by atoms with Crippen molar-refractivity contribution in [3.63, 3.8) is 0 Å². The molecule has 0 aliphatic heterocycles. The molecule has 18 heavy (non-hydrogen) atoms. The summed E-state index contributed by atoms with van der Waals surface area (Å²) in [4.78, 5) is 11.9. The molecule has 2 rings (SSSR count). The number of nitrogens with two attached hydrogens (primary N) is 2. The van der Waals surface area contributed by atoms with Gasteiger partial charge in [-0.1, -0.05) is 15.9 Å². The summed E-state index contributed by atoms with van der Waals surface area (Å²) in [6, 6.07) is 3.36. The van der Waals surface area contributed by atoms with Gasteiger partial charge in [-0.25, -0.2) is 15.0 Å². The number of halogens is 1. The van der Waals surface area contributed by atoms with Crippen LogP contribution in [-0.4, -0.2) is 26.9 Å². The lowest BCUT2D eigenvalue weighted by molar-refractivity contribution is 0.346. The van der Waals surface area contributed by atoms with Gasteiger partial charge in [-0.15, -0.1) is 0 Å². The summed E-state index contributed by atoms with van der Waals surface area (Å²) in [6.07, 6.45) is 2.82. The van der Waals surface area contributed by atoms with Gasteiger partial charge in [-0.2, -0.15) is 0 Å². The van der Waals surface area contributed by atoms with E-state index in [1.54, 1.807) is 12.1 Å². The van der Waals surface area contributed by atoms with E-state index in [4.69, 9.17) is 16.2 Å². The van der Waals surface area contributed by atoms with Crippen LogP contribution in [0.3, 0.4) is 0 Å². The van der Waals surface area contributed by atoms with Crippen molar-refractivity contribution in [2.45, 2.75) is 0 Å². The van der Waals surface area contributed by atoms with E-state index in [9.17, 15) is 0 Å². The summed E-state index contributed by atoms with van der Waals surface area (Å²) >= 11 is 3.30. The Morgan fingerprint density at radius 3 is 2.56 bits per heavy atom. The molecule has 1 aromatic carbocycles. The lowest BCUT2D eigenvalue weighted by Crippen LogP contribution is -2.04. The Kier molecular flexibility index (Phi) is 3.93. The highest BCUT2D eigenvalue weighted by atomic mass is 79.9. The molecule has 0 saturated carbocycles. The zero-order chi connectivity index (χ0) is 13.0. The Morgan fingerprint density at radius 2 is 1.89 bits per heavy atom. The molecule has 0 bridgehead atoms. The van der Waals surface area contributed by atoms with E-state index < -0.39 is 0 Å². The van der Waals surface area contributed by atoms with Gasteiger partial charge in [0, 0.05) is 22.8 Å². The van der Waals surface area contributed by atoms with Crippen molar-refractivity contribution >= 4 is 27.3 Å². The third-order valence-corrected chi connectivity index (χ3v) is 2.53. The number of benzene rings is 1. The molecule has 0 spiro atoms. The topological polar surface area (TPSA) is 99.9 Å². The summed E-state index contributed by atoms with van der Waals surface area (Å²) in [5, 5.41) is 0.707. The van der Waals surface area contributed by atoms with Crippen molar-refractivity contribution in [1.29, 1.82) is 0 Å². The number of rotatable bonds is 4. The molecule has 0 fully saturated rings. The molecule has 1 aromatic heterocycles. The molecule has 6 nitrogen and oxygen atoms in total. The van der Waals surface area contributed by atoms with Crippen LogP contribution in [-0.2, 0) is 0 Å². The number of anilines is 2. The standard InChI is InChI=1S/C11H12BrN5O/c12-1-2-18-9-4-7(13)3-8(14)10(9)11-16-5-15-6-17-11/h3-6H,1-2,13-14H2. The minimum atomic E-state index is 0.465. The van der Waals surface area contributed by atoms with Gasteiger partial charge in [0.05, 0.1) is 12.2 Å². The summed E-state index contributed by atoms with van der Waals surface area (Å²) < 4.78 is 5.60. The summed E-state index contributed by atoms with van der Waals surface area (Å²) in [6.45, 7) is 0.501. The van der Waals surface area contributed by atoms with Crippen molar-refractivity contribution in [1.82, 2.24) is 15.0 Å². The maximum absolute atomic E-state index is 5.95. The number of nitrogen functional groups attached to an aromatic ring is 2. The van der Waals surface area contributed by atoms with Gasteiger partial charge in [-0.05, 0) is 6.07 Å². The lowest BCUT2D eigenvalue weighted by Gasteiger charge is -2.12. The first-order valence-electron chi connectivity index (χ1n) is 5.22. The minimum absolute atomic E-state index is 0.465. The number of hydrogen-bond donors (Lipinski definition) is 2. The number of nitrogens with zero attached hydrogens (tertiary/aromatic N) is 3. The zero-order valence-electron chi connectivity index (χ0n) is 9.51. The molecular formula is C11H12BrN5O. The molecule has 0 aliphatic carbocycles. The number of hydrogen-bond acceptors (Lipinski definition) is 6. The third kappa shape index (κ3) is 2.67. The van der Waals surface area contributed by atoms with Gasteiger partial charge < -0.3 is 16.2 Å². The maximum Gasteiger partial charge on any atom is 0.168 e. The fraction of sp³-hybridized carbons (Fsp3) is 0.182. The van der Waals surface area contributed by atoms with Crippen LogP contribution in [0.2, 0.25) is 0 Å². The maximum atomic E-state index is 5.95. The highest BCUT2D eigenvalue weighted by molar-refractivity contribution is 9.09. The first-order chi connectivity index (χ1) is 8.72. The third-order valence-electron chi connectivity index (χ3n) is 2.21. The van der Waals surface area contributed by atoms with E-state index in [2.05, 4.69) is 30.9 Å². The molecule has 94 valence electrons. The predicted octanol–water partition coefficient (Wildman–Crippen LogP) is 1.48. The quantitative estimate of drug-likeness (QED) is 0.655. The van der Waals surface area contributed by atoms with Crippen molar-refractivity contribution in [3.05, 3.63) is 24.8 Å². The summed E-state index contributed by atoms with van der Waals surface area (Å²) in [5.74, 6) is 1.03. The van der Waals surface area contributed by atoms with Crippen LogP contribution in [0.25, 0.3) is 11.4 Å². The molecule has 1 heterocycles. The highest BCUT2D eigenvalue weighted by Gasteiger charge is 2.14. The van der Waals surface area contributed by atoms with Crippen LogP contribution in [0.1, 0.15) is 0 Å². The zero-order valence-corrected chi connectivity index (χ0v) is 11.1. The highest BCUT2D eigenvalue weighted by Crippen LogP contribution is 2.35. The van der Waals surface area contributed by atoms with E-state index in [-0.39, 0.29) is 0 Å². The molecular weight excluding hydrogens is 298 g/mol. The molecule has 7 heteroatoms. The first-order valence-corrected chi connectivity index (χ1v) is 6.34. The van der Waals surface area contributed by atoms with Crippen LogP contribution >= 0.6 is 15.9 Å². The monoisotopic (exact) mass is 309 g/mol. The fourth-order valence-electron chi connectivity index (χ4n) is 1.53. The lowest BCUT2D eigenvalue weighted by atomic mass is 10.1. The average molecular weight is 310 g/mol. The van der Waals surface area contributed by atoms with E-state index in [0.717, 1.165) is 0 Å². The van der Waals surface area contributed by atoms with Gasteiger partial charge in [0.1, 0.15) is 18.4 Å². The van der Waals surface area contributed by atoms with E-state index in [0.29, 0.717) is 40.4 Å². The number of ether oxygens (including phenoxy) is 1. The van der Waals surface area contributed by atoms with Crippen LogP contribution in [0, 0.1) is 0 Å². The molecule has 0 unspecified atom stereocenters. The smallest absolute Gasteiger partial charge is 0.168 e. The Bertz CT molecular complexity index is 534. The van der Waals surface area contributed by atoms with Gasteiger partial charge >= 0.3 is 0 Å². The Morgan fingerprint density at radius 1 is 1.17 bits per heavy atom. The van der Waals surface area contributed by atoms with Gasteiger partial charge in [0.2, 0.25) is 0 Å². The van der Waals surface area contributed by atoms with E-state index in [1.165, 1.54) is 12.7 Å². The second kappa shape index (κ2) is 5.63. The van der Waals surface area contributed by atoms with Gasteiger partial charge in [-0.3, -0.25) is 0 Å². The van der Waals surface area contributed by atoms with Crippen LogP contribution in [0.4, 0.5) is 11.4 Å². The molecule has 0 saturated heterocycles. The number of aromatic nitrogens is 3. The Balaban J connectivity index is 2.50. The Labute approximate surface area is 113 Å². The second-order valence-corrected chi connectivity index (χ2v) is 4.28. The number of alkyl halides is 1. The van der Waals surface area contributed by atoms with Crippen molar-refractivity contribution in [3.8, 4) is 17.1 Å². The Hall–Kier alpha value is -1.89. The van der Waals surface area contributed by atoms with Crippen molar-refractivity contribution in [2.24, 2.45) is 0 Å². The van der Waals surface area contributed by atoms with Crippen molar-refractivity contribution < 1.29 is 4.74 Å². The minimum Gasteiger partial charge on any atom is -0.492 e. The van der Waals surface area contributed by atoms with Gasteiger partial charge in [0.15, 0.2) is 5.82 Å². The second-order valence-electron chi connectivity index (χ2n) is 3.48. The van der Waals surface area contributed by atoms with Crippen LogP contribution < -0.4 is 16.2 Å². The normalized spacial score (nSPS) is 10.3. The fourth-order valence-corrected chi connectivity index (χ4v) is 1.69. The average Bonchev–Trinajstić information content (AvgIpc) is 2.36. The summed E-state index contributed by atoms with van der Waals surface area (Å²) in [7, 11) is 0. The molecule has 0 atom stereocenters. The SMILES string of the molecule is Nc1cc(N)c(-c2ncncn2)c(OCCBr)c1. The van der Waals surface area contributed by atoms with E-state index >= 15 is 0 Å². The van der Waals surface area contributed by atoms with Crippen LogP contribution in [0.15, 0.2) is 24.8 Å². The van der Waals surface area contributed by atoms with Gasteiger partial charge in [0.25, 0.3) is 0 Å². The predicted molar refractivity (Wildman–Crippen MR) is 73.4 cm³/mol. The molecule has 2 aromatic rings. The van der Waals surface area contributed by atoms with Crippen molar-refractivity contribution in [2.75, 3.05) is 23.4 Å². The van der Waals surface area contributed by atoms with Crippen LogP contribution in [0.5, 0.6) is 5.75 Å². The molecule has 4 N–H and O–H groups in total. The first kappa shape index (κ1) is 12.6. The summed E-state index contributed by atoms with van der Waals surface area (Å²) in [5.41, 5.74) is 13.4. The molecule has 0 amide bonds. The largest absolute Gasteiger partial charge is 0.492 e. The molecule has 0 radical (unpaired) electrons. The molecule has 0 aliphatic rings.